The Labute approximate surface area is 333 Å². The van der Waals surface area contributed by atoms with Gasteiger partial charge in [-0.2, -0.15) is 5.26 Å². The molecule has 2 saturated carbocycles. The topological polar surface area (TPSA) is 62.5 Å². The van der Waals surface area contributed by atoms with Gasteiger partial charge in [-0.3, -0.25) is 0 Å². The fourth-order valence-electron chi connectivity index (χ4n) is 10.7. The predicted octanol–water partition coefficient (Wildman–Crippen LogP) is 13.1. The Hall–Kier alpha value is -5.40. The molecule has 3 aliphatic carbocycles. The van der Waals surface area contributed by atoms with Crippen LogP contribution in [0.3, 0.4) is 0 Å². The van der Waals surface area contributed by atoms with Gasteiger partial charge >= 0.3 is 0 Å². The molecule has 0 radical (unpaired) electrons. The molecule has 3 aliphatic rings. The van der Waals surface area contributed by atoms with Crippen molar-refractivity contribution in [2.75, 3.05) is 0 Å². The Bertz CT molecular complexity index is 2470. The molecule has 2 fully saturated rings. The van der Waals surface area contributed by atoms with Gasteiger partial charge in [0.25, 0.3) is 0 Å². The molecule has 1 unspecified atom stereocenters. The van der Waals surface area contributed by atoms with Crippen molar-refractivity contribution >= 4 is 0 Å². The second kappa shape index (κ2) is 13.4. The number of fused-ring (bicyclic) bond motifs is 5. The summed E-state index contributed by atoms with van der Waals surface area (Å²) in [5.41, 5.74) is 13.8. The summed E-state index contributed by atoms with van der Waals surface area (Å²) in [5.74, 6) is 4.44. The van der Waals surface area contributed by atoms with Crippen molar-refractivity contribution in [3.8, 4) is 62.5 Å². The summed E-state index contributed by atoms with van der Waals surface area (Å²) in [4.78, 5) is 15.4. The third kappa shape index (κ3) is 6.36. The summed E-state index contributed by atoms with van der Waals surface area (Å²) in [5, 5.41) is 9.57. The van der Waals surface area contributed by atoms with Crippen LogP contribution in [0.1, 0.15) is 108 Å². The average molecular weight is 733 g/mol. The van der Waals surface area contributed by atoms with Crippen molar-refractivity contribution in [1.82, 2.24) is 15.0 Å². The highest BCUT2D eigenvalue weighted by Crippen LogP contribution is 2.54. The van der Waals surface area contributed by atoms with Crippen LogP contribution in [0.25, 0.3) is 56.4 Å². The second-order valence-corrected chi connectivity index (χ2v) is 19.0. The highest BCUT2D eigenvalue weighted by atomic mass is 15.0. The molecule has 280 valence electrons. The molecule has 9 rings (SSSR count). The van der Waals surface area contributed by atoms with Gasteiger partial charge in [0, 0.05) is 22.1 Å². The van der Waals surface area contributed by atoms with E-state index in [-0.39, 0.29) is 16.2 Å². The number of benzene rings is 5. The summed E-state index contributed by atoms with van der Waals surface area (Å²) < 4.78 is 0. The largest absolute Gasteiger partial charge is 0.208 e. The first-order chi connectivity index (χ1) is 26.8. The first-order valence-corrected chi connectivity index (χ1v) is 20.6. The van der Waals surface area contributed by atoms with E-state index in [0.29, 0.717) is 23.0 Å². The van der Waals surface area contributed by atoms with Gasteiger partial charge in [-0.1, -0.05) is 139 Å². The molecule has 1 aromatic heterocycles. The number of aromatic nitrogens is 3. The minimum absolute atomic E-state index is 0.0581. The van der Waals surface area contributed by atoms with E-state index in [1.165, 1.54) is 65.5 Å². The SMILES string of the molecule is C[C@@H]1C[C@@H]2C[C@H](C)CC(c3ccc(-c4nc(-c5ccc(-c6ccc7c(c6)-c6ccc(C#N)cc6C7(C)C)cc5)nc(-c5ccc(C(C)(C)C)cc5)n4)cc3)(C1)C2. The van der Waals surface area contributed by atoms with E-state index in [1.807, 2.05) is 6.07 Å². The second-order valence-electron chi connectivity index (χ2n) is 19.0. The van der Waals surface area contributed by atoms with Gasteiger partial charge in [0.1, 0.15) is 0 Å². The van der Waals surface area contributed by atoms with Crippen molar-refractivity contribution in [2.45, 2.75) is 96.8 Å². The van der Waals surface area contributed by atoms with Crippen LogP contribution in [0.4, 0.5) is 0 Å². The molecule has 2 bridgehead atoms. The van der Waals surface area contributed by atoms with E-state index in [1.54, 1.807) is 0 Å². The van der Waals surface area contributed by atoms with Crippen LogP contribution in [0.2, 0.25) is 0 Å². The smallest absolute Gasteiger partial charge is 0.164 e. The summed E-state index contributed by atoms with van der Waals surface area (Å²) in [7, 11) is 0. The maximum Gasteiger partial charge on any atom is 0.164 e. The number of rotatable bonds is 5. The molecule has 6 aromatic rings. The summed E-state index contributed by atoms with van der Waals surface area (Å²) in [6.07, 6.45) is 6.65. The number of hydrogen-bond acceptors (Lipinski definition) is 4. The van der Waals surface area contributed by atoms with Crippen molar-refractivity contribution < 1.29 is 0 Å². The predicted molar refractivity (Wildman–Crippen MR) is 229 cm³/mol. The lowest BCUT2D eigenvalue weighted by atomic mass is 9.54. The molecule has 0 amide bonds. The zero-order valence-corrected chi connectivity index (χ0v) is 33.9. The Kier molecular flexibility index (Phi) is 8.66. The lowest BCUT2D eigenvalue weighted by Gasteiger charge is -2.50. The molecule has 56 heavy (non-hydrogen) atoms. The lowest BCUT2D eigenvalue weighted by molar-refractivity contribution is 0.0780. The van der Waals surface area contributed by atoms with Crippen LogP contribution in [0.15, 0.2) is 109 Å². The van der Waals surface area contributed by atoms with Gasteiger partial charge in [0.05, 0.1) is 11.6 Å². The van der Waals surface area contributed by atoms with Gasteiger partial charge in [-0.15, -0.1) is 0 Å². The third-order valence-electron chi connectivity index (χ3n) is 13.3. The summed E-state index contributed by atoms with van der Waals surface area (Å²) >= 11 is 0. The highest BCUT2D eigenvalue weighted by Gasteiger charge is 2.45. The van der Waals surface area contributed by atoms with Gasteiger partial charge in [-0.25, -0.2) is 15.0 Å². The first-order valence-electron chi connectivity index (χ1n) is 20.6. The maximum atomic E-state index is 9.57. The summed E-state index contributed by atoms with van der Waals surface area (Å²) in [6.45, 7) is 16.1. The van der Waals surface area contributed by atoms with Crippen molar-refractivity contribution in [3.05, 3.63) is 137 Å². The van der Waals surface area contributed by atoms with E-state index in [9.17, 15) is 5.26 Å². The number of hydrogen-bond donors (Lipinski definition) is 0. The van der Waals surface area contributed by atoms with Gasteiger partial charge in [0.15, 0.2) is 17.5 Å². The minimum Gasteiger partial charge on any atom is -0.208 e. The zero-order valence-electron chi connectivity index (χ0n) is 33.9. The standard InChI is InChI=1S/C52H52N4/c1-32-24-35-25-33(2)29-52(28-32,30-35)42-20-15-39(16-21-42)49-55-47(54-48(56-49)38-13-18-41(19-14-38)50(3,4)5)37-11-9-36(10-12-37)40-17-23-45-44(27-40)43-22-8-34(31-53)26-46(43)51(45,6)7/h8-23,26-27,32-33,35H,24-25,28-30H2,1-7H3/t32-,33+,35-,52?. The first kappa shape index (κ1) is 36.3. The van der Waals surface area contributed by atoms with E-state index < -0.39 is 0 Å². The van der Waals surface area contributed by atoms with Crippen LogP contribution in [0, 0.1) is 29.1 Å². The van der Waals surface area contributed by atoms with Crippen LogP contribution < -0.4 is 0 Å². The van der Waals surface area contributed by atoms with E-state index >= 15 is 0 Å². The van der Waals surface area contributed by atoms with Crippen LogP contribution in [-0.4, -0.2) is 15.0 Å². The molecular weight excluding hydrogens is 681 g/mol. The zero-order chi connectivity index (χ0) is 39.0. The van der Waals surface area contributed by atoms with Crippen molar-refractivity contribution in [2.24, 2.45) is 17.8 Å². The Morgan fingerprint density at radius 3 is 1.64 bits per heavy atom. The number of nitrogens with zero attached hydrogens (tertiary/aromatic N) is 4. The molecule has 0 N–H and O–H groups in total. The van der Waals surface area contributed by atoms with Crippen molar-refractivity contribution in [1.29, 1.82) is 5.26 Å². The van der Waals surface area contributed by atoms with Gasteiger partial charge in [0.2, 0.25) is 0 Å². The fraction of sp³-hybridized carbons (Fsp3) is 0.346. The van der Waals surface area contributed by atoms with Gasteiger partial charge in [-0.05, 0) is 123 Å². The quantitative estimate of drug-likeness (QED) is 0.177. The normalized spacial score (nSPS) is 22.2. The highest BCUT2D eigenvalue weighted by molar-refractivity contribution is 5.85. The molecular formula is C52H52N4. The Morgan fingerprint density at radius 1 is 0.571 bits per heavy atom. The Balaban J connectivity index is 1.07. The van der Waals surface area contributed by atoms with Crippen LogP contribution >= 0.6 is 0 Å². The molecule has 4 nitrogen and oxygen atoms in total. The van der Waals surface area contributed by atoms with E-state index in [0.717, 1.165) is 45.6 Å². The van der Waals surface area contributed by atoms with Gasteiger partial charge < -0.3 is 0 Å². The summed E-state index contributed by atoms with van der Waals surface area (Å²) in [6, 6.07) is 41.7. The average Bonchev–Trinajstić information content (AvgIpc) is 3.41. The monoisotopic (exact) mass is 732 g/mol. The molecule has 0 saturated heterocycles. The molecule has 0 spiro atoms. The lowest BCUT2D eigenvalue weighted by Crippen LogP contribution is -2.42. The van der Waals surface area contributed by atoms with Crippen LogP contribution in [0.5, 0.6) is 0 Å². The molecule has 1 heterocycles. The molecule has 0 aliphatic heterocycles. The maximum absolute atomic E-state index is 9.57. The number of nitriles is 1. The van der Waals surface area contributed by atoms with Crippen molar-refractivity contribution in [3.63, 3.8) is 0 Å². The minimum atomic E-state index is -0.160. The Morgan fingerprint density at radius 2 is 1.09 bits per heavy atom. The third-order valence-corrected chi connectivity index (χ3v) is 13.3. The molecule has 4 heteroatoms. The fourth-order valence-corrected chi connectivity index (χ4v) is 10.7. The van der Waals surface area contributed by atoms with E-state index in [4.69, 9.17) is 15.0 Å². The molecule has 4 atom stereocenters. The van der Waals surface area contributed by atoms with E-state index in [2.05, 4.69) is 158 Å². The van der Waals surface area contributed by atoms with Crippen LogP contribution in [-0.2, 0) is 16.2 Å². The molecule has 5 aromatic carbocycles.